The third-order valence-corrected chi connectivity index (χ3v) is 3.33. The fourth-order valence-electron chi connectivity index (χ4n) is 1.83. The molecule has 0 aliphatic heterocycles. The Labute approximate surface area is 115 Å². The van der Waals surface area contributed by atoms with Crippen LogP contribution < -0.4 is 0 Å². The molecule has 1 atom stereocenters. The Morgan fingerprint density at radius 1 is 1.39 bits per heavy atom. The van der Waals surface area contributed by atoms with Gasteiger partial charge in [0.15, 0.2) is 0 Å². The van der Waals surface area contributed by atoms with E-state index in [1.165, 1.54) is 5.69 Å². The Balaban J connectivity index is 2.19. The second kappa shape index (κ2) is 5.65. The molecular weight excluding hydrogens is 294 g/mol. The zero-order chi connectivity index (χ0) is 13.1. The van der Waals surface area contributed by atoms with Crippen LogP contribution in [0.1, 0.15) is 42.7 Å². The molecule has 0 saturated heterocycles. The molecule has 0 saturated carbocycles. The van der Waals surface area contributed by atoms with Crippen molar-refractivity contribution in [3.63, 3.8) is 0 Å². The summed E-state index contributed by atoms with van der Waals surface area (Å²) in [5, 5.41) is 12.8. The molecular formula is C12H18BrN5. The van der Waals surface area contributed by atoms with E-state index < -0.39 is 0 Å². The van der Waals surface area contributed by atoms with Gasteiger partial charge in [-0.1, -0.05) is 28.1 Å². The maximum atomic E-state index is 4.53. The van der Waals surface area contributed by atoms with E-state index in [1.807, 2.05) is 22.5 Å². The van der Waals surface area contributed by atoms with Crippen LogP contribution in [-0.4, -0.2) is 24.8 Å². The summed E-state index contributed by atoms with van der Waals surface area (Å²) in [5.74, 6) is 0. The standard InChI is InChI=1S/C12H18BrN5/c1-4-10-6-11(18(5-2)15-10)7-17-8-12(9(3)13)14-16-17/h6,8-9H,4-5,7H2,1-3H3. The van der Waals surface area contributed by atoms with Gasteiger partial charge in [-0.15, -0.1) is 5.10 Å². The minimum absolute atomic E-state index is 0.230. The van der Waals surface area contributed by atoms with E-state index >= 15 is 0 Å². The largest absolute Gasteiger partial charge is 0.268 e. The Morgan fingerprint density at radius 2 is 2.17 bits per heavy atom. The number of hydrogen-bond donors (Lipinski definition) is 0. The van der Waals surface area contributed by atoms with Crippen molar-refractivity contribution in [3.8, 4) is 0 Å². The number of aromatic nitrogens is 5. The van der Waals surface area contributed by atoms with E-state index in [1.54, 1.807) is 0 Å². The normalized spacial score (nSPS) is 12.9. The maximum Gasteiger partial charge on any atom is 0.0960 e. The Kier molecular flexibility index (Phi) is 4.16. The smallest absolute Gasteiger partial charge is 0.0960 e. The zero-order valence-electron chi connectivity index (χ0n) is 11.0. The first-order chi connectivity index (χ1) is 8.63. The molecule has 0 aromatic carbocycles. The lowest BCUT2D eigenvalue weighted by atomic mass is 10.3. The summed E-state index contributed by atoms with van der Waals surface area (Å²) in [6.07, 6.45) is 2.93. The Bertz CT molecular complexity index is 514. The lowest BCUT2D eigenvalue weighted by molar-refractivity contribution is 0.563. The van der Waals surface area contributed by atoms with Crippen molar-refractivity contribution in [2.75, 3.05) is 0 Å². The highest BCUT2D eigenvalue weighted by Gasteiger charge is 2.10. The predicted molar refractivity (Wildman–Crippen MR) is 73.7 cm³/mol. The molecule has 0 amide bonds. The van der Waals surface area contributed by atoms with Gasteiger partial charge in [0.05, 0.1) is 34.7 Å². The molecule has 98 valence electrons. The van der Waals surface area contributed by atoms with Crippen molar-refractivity contribution in [2.45, 2.75) is 45.1 Å². The SMILES string of the molecule is CCc1cc(Cn2cc(C(C)Br)nn2)n(CC)n1. The van der Waals surface area contributed by atoms with Crippen LogP contribution in [0.25, 0.3) is 0 Å². The second-order valence-corrected chi connectivity index (χ2v) is 5.63. The monoisotopic (exact) mass is 311 g/mol. The van der Waals surface area contributed by atoms with E-state index in [0.717, 1.165) is 24.4 Å². The topological polar surface area (TPSA) is 48.5 Å². The van der Waals surface area contributed by atoms with Crippen molar-refractivity contribution in [2.24, 2.45) is 0 Å². The minimum atomic E-state index is 0.230. The third kappa shape index (κ3) is 2.80. The van der Waals surface area contributed by atoms with Crippen molar-refractivity contribution < 1.29 is 0 Å². The number of aryl methyl sites for hydroxylation is 2. The summed E-state index contributed by atoms with van der Waals surface area (Å²) in [6, 6.07) is 2.14. The van der Waals surface area contributed by atoms with Crippen LogP contribution in [0.15, 0.2) is 12.3 Å². The summed E-state index contributed by atoms with van der Waals surface area (Å²) >= 11 is 3.49. The van der Waals surface area contributed by atoms with Gasteiger partial charge in [0.25, 0.3) is 0 Å². The molecule has 0 N–H and O–H groups in total. The highest BCUT2D eigenvalue weighted by Crippen LogP contribution is 2.18. The van der Waals surface area contributed by atoms with Gasteiger partial charge in [-0.05, 0) is 26.3 Å². The van der Waals surface area contributed by atoms with Gasteiger partial charge in [0.2, 0.25) is 0 Å². The summed E-state index contributed by atoms with van der Waals surface area (Å²) in [5.41, 5.74) is 3.25. The molecule has 1 unspecified atom stereocenters. The van der Waals surface area contributed by atoms with Crippen LogP contribution in [0, 0.1) is 0 Å². The highest BCUT2D eigenvalue weighted by molar-refractivity contribution is 9.09. The molecule has 6 heteroatoms. The fraction of sp³-hybridized carbons (Fsp3) is 0.583. The van der Waals surface area contributed by atoms with Crippen LogP contribution in [-0.2, 0) is 19.5 Å². The van der Waals surface area contributed by atoms with Crippen molar-refractivity contribution in [3.05, 3.63) is 29.3 Å². The maximum absolute atomic E-state index is 4.53. The molecule has 0 aliphatic rings. The van der Waals surface area contributed by atoms with Gasteiger partial charge >= 0.3 is 0 Å². The Morgan fingerprint density at radius 3 is 2.72 bits per heavy atom. The average Bonchev–Trinajstić information content (AvgIpc) is 2.96. The minimum Gasteiger partial charge on any atom is -0.268 e. The van der Waals surface area contributed by atoms with Gasteiger partial charge < -0.3 is 0 Å². The summed E-state index contributed by atoms with van der Waals surface area (Å²) in [7, 11) is 0. The quantitative estimate of drug-likeness (QED) is 0.797. The van der Waals surface area contributed by atoms with Crippen LogP contribution in [0.2, 0.25) is 0 Å². The van der Waals surface area contributed by atoms with Gasteiger partial charge in [-0.2, -0.15) is 5.10 Å². The third-order valence-electron chi connectivity index (χ3n) is 2.86. The molecule has 0 radical (unpaired) electrons. The highest BCUT2D eigenvalue weighted by atomic mass is 79.9. The van der Waals surface area contributed by atoms with Crippen LogP contribution in [0.4, 0.5) is 0 Å². The lowest BCUT2D eigenvalue weighted by Gasteiger charge is -2.03. The van der Waals surface area contributed by atoms with Crippen LogP contribution in [0.5, 0.6) is 0 Å². The van der Waals surface area contributed by atoms with Crippen molar-refractivity contribution >= 4 is 15.9 Å². The van der Waals surface area contributed by atoms with E-state index in [2.05, 4.69) is 51.3 Å². The summed E-state index contributed by atoms with van der Waals surface area (Å²) in [4.78, 5) is 0.230. The average molecular weight is 312 g/mol. The molecule has 2 aromatic rings. The molecule has 2 heterocycles. The first kappa shape index (κ1) is 13.3. The van der Waals surface area contributed by atoms with E-state index in [9.17, 15) is 0 Å². The summed E-state index contributed by atoms with van der Waals surface area (Å²) < 4.78 is 3.88. The van der Waals surface area contributed by atoms with Crippen molar-refractivity contribution in [1.82, 2.24) is 24.8 Å². The Hall–Kier alpha value is -1.17. The number of hydrogen-bond acceptors (Lipinski definition) is 3. The number of rotatable bonds is 5. The predicted octanol–water partition coefficient (Wildman–Crippen LogP) is 2.56. The van der Waals surface area contributed by atoms with Gasteiger partial charge in [0.1, 0.15) is 0 Å². The molecule has 0 fully saturated rings. The second-order valence-electron chi connectivity index (χ2n) is 4.25. The molecule has 18 heavy (non-hydrogen) atoms. The first-order valence-corrected chi connectivity index (χ1v) is 7.15. The number of halogens is 1. The van der Waals surface area contributed by atoms with Gasteiger partial charge in [-0.25, -0.2) is 4.68 Å². The lowest BCUT2D eigenvalue weighted by Crippen LogP contribution is -2.08. The number of nitrogens with zero attached hydrogens (tertiary/aromatic N) is 5. The van der Waals surface area contributed by atoms with Crippen LogP contribution >= 0.6 is 15.9 Å². The molecule has 0 aliphatic carbocycles. The molecule has 0 spiro atoms. The van der Waals surface area contributed by atoms with Crippen LogP contribution in [0.3, 0.4) is 0 Å². The van der Waals surface area contributed by atoms with E-state index in [4.69, 9.17) is 0 Å². The molecule has 0 bridgehead atoms. The summed E-state index contributed by atoms with van der Waals surface area (Å²) in [6.45, 7) is 7.86. The first-order valence-electron chi connectivity index (χ1n) is 6.23. The van der Waals surface area contributed by atoms with Crippen molar-refractivity contribution in [1.29, 1.82) is 0 Å². The van der Waals surface area contributed by atoms with Gasteiger partial charge in [0, 0.05) is 6.54 Å². The zero-order valence-corrected chi connectivity index (χ0v) is 12.6. The van der Waals surface area contributed by atoms with E-state index in [0.29, 0.717) is 6.54 Å². The molecule has 2 aromatic heterocycles. The number of alkyl halides is 1. The molecule has 2 rings (SSSR count). The van der Waals surface area contributed by atoms with Gasteiger partial charge in [-0.3, -0.25) is 4.68 Å². The molecule has 5 nitrogen and oxygen atoms in total. The van der Waals surface area contributed by atoms with E-state index in [-0.39, 0.29) is 4.83 Å². The fourth-order valence-corrected chi connectivity index (χ4v) is 2.04.